The Morgan fingerprint density at radius 2 is 1.80 bits per heavy atom. The summed E-state index contributed by atoms with van der Waals surface area (Å²) >= 11 is 0. The van der Waals surface area contributed by atoms with Crippen LogP contribution in [-0.4, -0.2) is 65.6 Å². The third-order valence-corrected chi connectivity index (χ3v) is 6.18. The maximum Gasteiger partial charge on any atom is 0.157 e. The van der Waals surface area contributed by atoms with Crippen molar-refractivity contribution < 1.29 is 9.84 Å². The first kappa shape index (κ1) is 19.2. The molecule has 2 aromatic heterocycles. The fourth-order valence-corrected chi connectivity index (χ4v) is 4.36. The van der Waals surface area contributed by atoms with Gasteiger partial charge in [0, 0.05) is 55.7 Å². The van der Waals surface area contributed by atoms with E-state index >= 15 is 0 Å². The zero-order valence-electron chi connectivity index (χ0n) is 17.2. The summed E-state index contributed by atoms with van der Waals surface area (Å²) < 4.78 is 5.45. The van der Waals surface area contributed by atoms with Gasteiger partial charge in [0.15, 0.2) is 5.82 Å². The Balaban J connectivity index is 1.49. The lowest BCUT2D eigenvalue weighted by Crippen LogP contribution is -2.36. The molecule has 30 heavy (non-hydrogen) atoms. The number of fused-ring (bicyclic) bond motifs is 1. The molecule has 2 atom stereocenters. The molecule has 0 amide bonds. The summed E-state index contributed by atoms with van der Waals surface area (Å²) in [4.78, 5) is 18.7. The quantitative estimate of drug-likeness (QED) is 0.715. The Morgan fingerprint density at radius 1 is 1.03 bits per heavy atom. The predicted molar refractivity (Wildman–Crippen MR) is 118 cm³/mol. The van der Waals surface area contributed by atoms with E-state index in [9.17, 15) is 5.11 Å². The second-order valence-electron chi connectivity index (χ2n) is 8.14. The van der Waals surface area contributed by atoms with Gasteiger partial charge in [0.25, 0.3) is 0 Å². The lowest BCUT2D eigenvalue weighted by Gasteiger charge is -2.29. The second-order valence-corrected chi connectivity index (χ2v) is 8.14. The molecule has 5 rings (SSSR count). The first-order valence-electron chi connectivity index (χ1n) is 10.7. The minimum Gasteiger partial charge on any atom is -0.393 e. The predicted octanol–water partition coefficient (Wildman–Crippen LogP) is 2.74. The van der Waals surface area contributed by atoms with Crippen LogP contribution in [0.4, 0.5) is 11.5 Å². The summed E-state index contributed by atoms with van der Waals surface area (Å²) in [5, 5.41) is 10.0. The Labute approximate surface area is 176 Å². The fraction of sp³-hybridized carbons (Fsp3) is 0.435. The Bertz CT molecular complexity index is 1020. The van der Waals surface area contributed by atoms with E-state index in [0.717, 1.165) is 73.9 Å². The molecule has 0 bridgehead atoms. The summed E-state index contributed by atoms with van der Waals surface area (Å²) in [6.07, 6.45) is 4.08. The van der Waals surface area contributed by atoms with Crippen LogP contribution in [-0.2, 0) is 4.74 Å². The number of anilines is 2. The zero-order valence-corrected chi connectivity index (χ0v) is 17.2. The molecule has 7 nitrogen and oxygen atoms in total. The maximum atomic E-state index is 10.0. The number of aliphatic hydroxyl groups excluding tert-OH is 1. The molecule has 3 aromatic rings. The van der Waals surface area contributed by atoms with Crippen LogP contribution in [0.3, 0.4) is 0 Å². The molecule has 1 unspecified atom stereocenters. The molecule has 2 fully saturated rings. The summed E-state index contributed by atoms with van der Waals surface area (Å²) in [7, 11) is 0. The highest BCUT2D eigenvalue weighted by Crippen LogP contribution is 2.32. The third kappa shape index (κ3) is 3.70. The number of morpholine rings is 1. The second kappa shape index (κ2) is 8.16. The molecule has 156 valence electrons. The molecule has 2 aliphatic rings. The summed E-state index contributed by atoms with van der Waals surface area (Å²) in [6.45, 7) is 6.92. The number of pyridine rings is 1. The molecule has 4 heterocycles. The highest BCUT2D eigenvalue weighted by Gasteiger charge is 2.28. The van der Waals surface area contributed by atoms with Crippen molar-refractivity contribution in [2.75, 3.05) is 49.2 Å². The summed E-state index contributed by atoms with van der Waals surface area (Å²) in [5.41, 5.74) is 4.83. The van der Waals surface area contributed by atoms with Gasteiger partial charge in [-0.05, 0) is 31.5 Å². The number of hydrogen-bond acceptors (Lipinski definition) is 7. The van der Waals surface area contributed by atoms with E-state index in [4.69, 9.17) is 9.72 Å². The van der Waals surface area contributed by atoms with Gasteiger partial charge in [0.05, 0.1) is 30.5 Å². The van der Waals surface area contributed by atoms with Crippen molar-refractivity contribution in [2.24, 2.45) is 5.92 Å². The number of ether oxygens (including phenoxy) is 1. The van der Waals surface area contributed by atoms with Crippen LogP contribution in [0.25, 0.3) is 22.3 Å². The minimum absolute atomic E-state index is 0.259. The Hall–Kier alpha value is -2.77. The molecule has 2 aliphatic heterocycles. The van der Waals surface area contributed by atoms with E-state index in [1.807, 2.05) is 13.0 Å². The highest BCUT2D eigenvalue weighted by atomic mass is 16.5. The van der Waals surface area contributed by atoms with Crippen LogP contribution in [0.2, 0.25) is 0 Å². The molecule has 0 spiro atoms. The standard InChI is InChI=1S/C23H27N5O2/c1-16(29)18-6-9-28(15-18)23-22-21(24-7-8-25-22)14-20(26-23)17-2-4-19(5-3-17)27-10-12-30-13-11-27/h2-5,7-8,14,16,18,29H,6,9-13,15H2,1H3/t16-,18?/m0/s1. The van der Waals surface area contributed by atoms with Gasteiger partial charge in [-0.2, -0.15) is 0 Å². The van der Waals surface area contributed by atoms with Crippen LogP contribution in [0.5, 0.6) is 0 Å². The van der Waals surface area contributed by atoms with Crippen molar-refractivity contribution in [1.82, 2.24) is 15.0 Å². The van der Waals surface area contributed by atoms with Gasteiger partial charge < -0.3 is 19.6 Å². The van der Waals surface area contributed by atoms with E-state index in [1.54, 1.807) is 12.4 Å². The average Bonchev–Trinajstić information content (AvgIpc) is 3.30. The van der Waals surface area contributed by atoms with Gasteiger partial charge in [-0.25, -0.2) is 9.97 Å². The van der Waals surface area contributed by atoms with Crippen molar-refractivity contribution in [2.45, 2.75) is 19.4 Å². The topological polar surface area (TPSA) is 74.6 Å². The van der Waals surface area contributed by atoms with Crippen molar-refractivity contribution >= 4 is 22.5 Å². The van der Waals surface area contributed by atoms with E-state index in [0.29, 0.717) is 0 Å². The molecular formula is C23H27N5O2. The van der Waals surface area contributed by atoms with Crippen LogP contribution in [0.1, 0.15) is 13.3 Å². The van der Waals surface area contributed by atoms with Crippen molar-refractivity contribution in [3.05, 3.63) is 42.7 Å². The number of rotatable bonds is 4. The Morgan fingerprint density at radius 3 is 2.53 bits per heavy atom. The Kier molecular flexibility index (Phi) is 5.23. The monoisotopic (exact) mass is 405 g/mol. The van der Waals surface area contributed by atoms with Crippen LogP contribution in [0, 0.1) is 5.92 Å². The molecule has 7 heteroatoms. The van der Waals surface area contributed by atoms with Crippen LogP contribution in [0.15, 0.2) is 42.7 Å². The molecule has 0 radical (unpaired) electrons. The summed E-state index contributed by atoms with van der Waals surface area (Å²) in [6, 6.07) is 10.6. The highest BCUT2D eigenvalue weighted by molar-refractivity contribution is 5.89. The van der Waals surface area contributed by atoms with Gasteiger partial charge in [-0.3, -0.25) is 4.98 Å². The van der Waals surface area contributed by atoms with Crippen LogP contribution >= 0.6 is 0 Å². The number of aliphatic hydroxyl groups is 1. The van der Waals surface area contributed by atoms with Gasteiger partial charge in [0.1, 0.15) is 5.52 Å². The lowest BCUT2D eigenvalue weighted by molar-refractivity contribution is 0.122. The van der Waals surface area contributed by atoms with Crippen molar-refractivity contribution in [3.63, 3.8) is 0 Å². The number of benzene rings is 1. The largest absolute Gasteiger partial charge is 0.393 e. The number of hydrogen-bond donors (Lipinski definition) is 1. The van der Waals surface area contributed by atoms with Crippen molar-refractivity contribution in [3.8, 4) is 11.3 Å². The van der Waals surface area contributed by atoms with Crippen molar-refractivity contribution in [1.29, 1.82) is 0 Å². The fourth-order valence-electron chi connectivity index (χ4n) is 4.36. The molecular weight excluding hydrogens is 378 g/mol. The number of nitrogens with zero attached hydrogens (tertiary/aromatic N) is 5. The average molecular weight is 406 g/mol. The van der Waals surface area contributed by atoms with E-state index in [1.165, 1.54) is 5.69 Å². The van der Waals surface area contributed by atoms with E-state index in [2.05, 4.69) is 44.0 Å². The molecule has 1 aromatic carbocycles. The smallest absolute Gasteiger partial charge is 0.157 e. The minimum atomic E-state index is -0.316. The molecule has 0 aliphatic carbocycles. The number of aromatic nitrogens is 3. The third-order valence-electron chi connectivity index (χ3n) is 6.18. The SMILES string of the molecule is C[C@H](O)C1CCN(c2nc(-c3ccc(N4CCOCC4)cc3)cc3nccnc23)C1. The molecule has 0 saturated carbocycles. The summed E-state index contributed by atoms with van der Waals surface area (Å²) in [5.74, 6) is 1.12. The zero-order chi connectivity index (χ0) is 20.5. The van der Waals surface area contributed by atoms with E-state index < -0.39 is 0 Å². The lowest BCUT2D eigenvalue weighted by atomic mass is 10.0. The van der Waals surface area contributed by atoms with Gasteiger partial charge in [0.2, 0.25) is 0 Å². The molecule has 1 N–H and O–H groups in total. The molecule has 2 saturated heterocycles. The first-order chi connectivity index (χ1) is 14.7. The first-order valence-corrected chi connectivity index (χ1v) is 10.7. The maximum absolute atomic E-state index is 10.0. The van der Waals surface area contributed by atoms with Crippen LogP contribution < -0.4 is 9.80 Å². The van der Waals surface area contributed by atoms with E-state index in [-0.39, 0.29) is 12.0 Å². The normalized spacial score (nSPS) is 20.7. The van der Waals surface area contributed by atoms with Gasteiger partial charge in [-0.1, -0.05) is 12.1 Å². The van der Waals surface area contributed by atoms with Gasteiger partial charge in [-0.15, -0.1) is 0 Å². The van der Waals surface area contributed by atoms with Gasteiger partial charge >= 0.3 is 0 Å².